The van der Waals surface area contributed by atoms with Gasteiger partial charge in [-0.15, -0.1) is 0 Å². The van der Waals surface area contributed by atoms with Crippen LogP contribution in [0.5, 0.6) is 0 Å². The van der Waals surface area contributed by atoms with Crippen molar-refractivity contribution in [2.75, 3.05) is 11.4 Å². The van der Waals surface area contributed by atoms with Crippen LogP contribution in [0.15, 0.2) is 6.07 Å². The van der Waals surface area contributed by atoms with E-state index >= 15 is 0 Å². The molecule has 2 rings (SSSR count). The lowest BCUT2D eigenvalue weighted by molar-refractivity contribution is 0.397. The fraction of sp³-hybridized carbons (Fsp3) is 0.600. The molecular weight excluding hydrogens is 236 g/mol. The maximum absolute atomic E-state index is 9.42. The zero-order valence-corrected chi connectivity index (χ0v) is 12.0. The van der Waals surface area contributed by atoms with Crippen LogP contribution < -0.4 is 10.6 Å². The van der Waals surface area contributed by atoms with Crippen molar-refractivity contribution in [3.05, 3.63) is 22.9 Å². The molecule has 1 fully saturated rings. The largest absolute Gasteiger partial charge is 0.349 e. The second kappa shape index (κ2) is 5.58. The predicted octanol–water partition coefficient (Wildman–Crippen LogP) is 2.28. The van der Waals surface area contributed by atoms with Gasteiger partial charge in [0.15, 0.2) is 0 Å². The van der Waals surface area contributed by atoms with Crippen LogP contribution in [0, 0.1) is 25.2 Å². The Morgan fingerprint density at radius 1 is 1.47 bits per heavy atom. The number of rotatable bonds is 2. The highest BCUT2D eigenvalue weighted by atomic mass is 15.3. The number of hydrogen-bond donors (Lipinski definition) is 1. The summed E-state index contributed by atoms with van der Waals surface area (Å²) < 4.78 is 0. The average Bonchev–Trinajstić information content (AvgIpc) is 2.37. The summed E-state index contributed by atoms with van der Waals surface area (Å²) in [6.07, 6.45) is 3.42. The summed E-state index contributed by atoms with van der Waals surface area (Å²) in [4.78, 5) is 6.89. The monoisotopic (exact) mass is 258 g/mol. The lowest BCUT2D eigenvalue weighted by atomic mass is 9.95. The number of aromatic nitrogens is 1. The molecule has 2 atom stereocenters. The molecule has 0 aliphatic carbocycles. The van der Waals surface area contributed by atoms with E-state index in [0.717, 1.165) is 29.9 Å². The van der Waals surface area contributed by atoms with Gasteiger partial charge in [-0.1, -0.05) is 0 Å². The summed E-state index contributed by atoms with van der Waals surface area (Å²) in [5.41, 5.74) is 8.56. The van der Waals surface area contributed by atoms with Gasteiger partial charge in [0.25, 0.3) is 0 Å². The van der Waals surface area contributed by atoms with Crippen LogP contribution in [-0.2, 0) is 0 Å². The van der Waals surface area contributed by atoms with Crippen LogP contribution in [0.3, 0.4) is 0 Å². The van der Waals surface area contributed by atoms with Crippen molar-refractivity contribution in [3.8, 4) is 6.07 Å². The molecule has 4 heteroatoms. The zero-order valence-electron chi connectivity index (χ0n) is 12.0. The minimum Gasteiger partial charge on any atom is -0.349 e. The second-order valence-corrected chi connectivity index (χ2v) is 5.47. The van der Waals surface area contributed by atoms with Gasteiger partial charge in [0.1, 0.15) is 11.9 Å². The Bertz CT molecular complexity index is 504. The first kappa shape index (κ1) is 13.8. The van der Waals surface area contributed by atoms with Gasteiger partial charge in [0.05, 0.1) is 5.56 Å². The summed E-state index contributed by atoms with van der Waals surface area (Å²) in [6, 6.07) is 4.96. The second-order valence-electron chi connectivity index (χ2n) is 5.47. The predicted molar refractivity (Wildman–Crippen MR) is 77.1 cm³/mol. The van der Waals surface area contributed by atoms with Gasteiger partial charge < -0.3 is 10.6 Å². The van der Waals surface area contributed by atoms with Crippen LogP contribution >= 0.6 is 0 Å². The fourth-order valence-corrected chi connectivity index (χ4v) is 3.04. The van der Waals surface area contributed by atoms with Crippen LogP contribution in [0.25, 0.3) is 0 Å². The molecule has 1 aromatic rings. The van der Waals surface area contributed by atoms with Crippen molar-refractivity contribution >= 4 is 5.82 Å². The van der Waals surface area contributed by atoms with Gasteiger partial charge >= 0.3 is 0 Å². The number of nitriles is 1. The summed E-state index contributed by atoms with van der Waals surface area (Å²) in [7, 11) is 0. The Morgan fingerprint density at radius 2 is 2.21 bits per heavy atom. The zero-order chi connectivity index (χ0) is 14.0. The van der Waals surface area contributed by atoms with Crippen LogP contribution in [-0.4, -0.2) is 23.6 Å². The molecule has 0 amide bonds. The van der Waals surface area contributed by atoms with Crippen molar-refractivity contribution in [1.82, 2.24) is 4.98 Å². The molecule has 19 heavy (non-hydrogen) atoms. The number of anilines is 1. The lowest BCUT2D eigenvalue weighted by Crippen LogP contribution is -2.49. The number of pyridine rings is 1. The maximum Gasteiger partial charge on any atom is 0.147 e. The van der Waals surface area contributed by atoms with Crippen molar-refractivity contribution in [2.45, 2.75) is 52.1 Å². The highest BCUT2D eigenvalue weighted by molar-refractivity contribution is 5.59. The van der Waals surface area contributed by atoms with E-state index in [1.54, 1.807) is 0 Å². The molecule has 1 aliphatic rings. The number of nitrogens with zero attached hydrogens (tertiary/aromatic N) is 3. The van der Waals surface area contributed by atoms with Gasteiger partial charge in [-0.2, -0.15) is 5.26 Å². The highest BCUT2D eigenvalue weighted by Crippen LogP contribution is 2.31. The molecule has 1 saturated heterocycles. The third-order valence-electron chi connectivity index (χ3n) is 3.98. The molecule has 2 unspecified atom stereocenters. The molecule has 2 N–H and O–H groups in total. The lowest BCUT2D eigenvalue weighted by Gasteiger charge is -2.41. The van der Waals surface area contributed by atoms with E-state index in [0.29, 0.717) is 24.2 Å². The molecule has 0 bridgehead atoms. The highest BCUT2D eigenvalue weighted by Gasteiger charge is 2.30. The van der Waals surface area contributed by atoms with Gasteiger partial charge in [0.2, 0.25) is 0 Å². The van der Waals surface area contributed by atoms with Gasteiger partial charge in [0, 0.05) is 24.3 Å². The fourth-order valence-electron chi connectivity index (χ4n) is 3.04. The molecule has 0 saturated carbocycles. The van der Waals surface area contributed by atoms with Crippen molar-refractivity contribution in [1.29, 1.82) is 5.26 Å². The number of hydrogen-bond acceptors (Lipinski definition) is 4. The SMILES string of the molecule is Cc1cc(C)c(C#N)c(N2C(C)CCCC2CN)n1. The van der Waals surface area contributed by atoms with E-state index in [1.807, 2.05) is 19.9 Å². The average molecular weight is 258 g/mol. The minimum absolute atomic E-state index is 0.296. The van der Waals surface area contributed by atoms with E-state index in [-0.39, 0.29) is 0 Å². The van der Waals surface area contributed by atoms with E-state index in [1.165, 1.54) is 6.42 Å². The number of piperidine rings is 1. The van der Waals surface area contributed by atoms with Crippen LogP contribution in [0.4, 0.5) is 5.82 Å². The van der Waals surface area contributed by atoms with Crippen LogP contribution in [0.2, 0.25) is 0 Å². The summed E-state index contributed by atoms with van der Waals surface area (Å²) >= 11 is 0. The first-order valence-corrected chi connectivity index (χ1v) is 6.95. The van der Waals surface area contributed by atoms with E-state index < -0.39 is 0 Å². The summed E-state index contributed by atoms with van der Waals surface area (Å²) in [5.74, 6) is 0.822. The topological polar surface area (TPSA) is 65.9 Å². The quantitative estimate of drug-likeness (QED) is 0.883. The third-order valence-corrected chi connectivity index (χ3v) is 3.98. The van der Waals surface area contributed by atoms with Gasteiger partial charge in [-0.05, 0) is 51.7 Å². The molecular formula is C15H22N4. The normalized spacial score (nSPS) is 23.2. The van der Waals surface area contributed by atoms with E-state index in [2.05, 4.69) is 22.9 Å². The molecule has 0 spiro atoms. The molecule has 102 valence electrons. The standard InChI is InChI=1S/C15H22N4/c1-10-7-11(2)18-15(14(10)9-17)19-12(3)5-4-6-13(19)8-16/h7,12-13H,4-6,8,16H2,1-3H3. The molecule has 0 radical (unpaired) electrons. The first-order valence-electron chi connectivity index (χ1n) is 6.95. The summed E-state index contributed by atoms with van der Waals surface area (Å²) in [5, 5.41) is 9.42. The molecule has 4 nitrogen and oxygen atoms in total. The summed E-state index contributed by atoms with van der Waals surface area (Å²) in [6.45, 7) is 6.76. The van der Waals surface area contributed by atoms with Crippen molar-refractivity contribution in [3.63, 3.8) is 0 Å². The van der Waals surface area contributed by atoms with E-state index in [9.17, 15) is 5.26 Å². The molecule has 2 heterocycles. The first-order chi connectivity index (χ1) is 9.08. The minimum atomic E-state index is 0.296. The van der Waals surface area contributed by atoms with Crippen molar-refractivity contribution in [2.24, 2.45) is 5.73 Å². The smallest absolute Gasteiger partial charge is 0.147 e. The third kappa shape index (κ3) is 2.57. The maximum atomic E-state index is 9.42. The van der Waals surface area contributed by atoms with E-state index in [4.69, 9.17) is 5.73 Å². The molecule has 0 aromatic carbocycles. The molecule has 1 aromatic heterocycles. The Balaban J connectivity index is 2.52. The van der Waals surface area contributed by atoms with Crippen LogP contribution in [0.1, 0.15) is 43.0 Å². The number of aryl methyl sites for hydroxylation is 2. The molecule has 1 aliphatic heterocycles. The van der Waals surface area contributed by atoms with Gasteiger partial charge in [-0.25, -0.2) is 4.98 Å². The Morgan fingerprint density at radius 3 is 2.84 bits per heavy atom. The van der Waals surface area contributed by atoms with Gasteiger partial charge in [-0.3, -0.25) is 0 Å². The Labute approximate surface area is 115 Å². The Kier molecular flexibility index (Phi) is 4.06. The number of nitrogens with two attached hydrogens (primary N) is 1. The Hall–Kier alpha value is -1.60. The van der Waals surface area contributed by atoms with Crippen molar-refractivity contribution < 1.29 is 0 Å².